The van der Waals surface area contributed by atoms with E-state index in [2.05, 4.69) is 15.5 Å². The second kappa shape index (κ2) is 8.70. The molecule has 1 aliphatic carbocycles. The Bertz CT molecular complexity index is 707. The molecule has 3 rings (SSSR count). The summed E-state index contributed by atoms with van der Waals surface area (Å²) in [4.78, 5) is 0. The van der Waals surface area contributed by atoms with E-state index < -0.39 is 11.6 Å². The third-order valence-corrected chi connectivity index (χ3v) is 4.96. The van der Waals surface area contributed by atoms with Crippen molar-refractivity contribution < 1.29 is 18.3 Å². The van der Waals surface area contributed by atoms with Crippen LogP contribution in [0.25, 0.3) is 11.3 Å². The highest BCUT2D eigenvalue weighted by molar-refractivity contribution is 5.64. The zero-order valence-electron chi connectivity index (χ0n) is 15.1. The summed E-state index contributed by atoms with van der Waals surface area (Å²) in [6.45, 7) is 0.896. The maximum atomic E-state index is 13.6. The van der Waals surface area contributed by atoms with Gasteiger partial charge < -0.3 is 14.8 Å². The Hall–Kier alpha value is -1.83. The SMILES string of the molecule is COCc1c(CN[C@H]2CC[C@@H](OC)CC2)n[nH]c1-c1cc(F)cc(F)c1. The van der Waals surface area contributed by atoms with Gasteiger partial charge in [-0.3, -0.25) is 5.10 Å². The number of methoxy groups -OCH3 is 2. The zero-order valence-corrected chi connectivity index (χ0v) is 15.1. The van der Waals surface area contributed by atoms with Gasteiger partial charge in [0, 0.05) is 44.0 Å². The number of benzene rings is 1. The van der Waals surface area contributed by atoms with Gasteiger partial charge in [0.05, 0.1) is 24.1 Å². The van der Waals surface area contributed by atoms with Gasteiger partial charge in [0.25, 0.3) is 0 Å². The first-order chi connectivity index (χ1) is 12.6. The van der Waals surface area contributed by atoms with Crippen LogP contribution in [0.3, 0.4) is 0 Å². The summed E-state index contributed by atoms with van der Waals surface area (Å²) in [6.07, 6.45) is 4.58. The second-order valence-corrected chi connectivity index (χ2v) is 6.71. The van der Waals surface area contributed by atoms with Crippen molar-refractivity contribution >= 4 is 0 Å². The summed E-state index contributed by atoms with van der Waals surface area (Å²) in [5.41, 5.74) is 2.63. The van der Waals surface area contributed by atoms with Crippen molar-refractivity contribution in [1.29, 1.82) is 0 Å². The summed E-state index contributed by atoms with van der Waals surface area (Å²) in [5, 5.41) is 10.8. The molecule has 5 nitrogen and oxygen atoms in total. The number of hydrogen-bond donors (Lipinski definition) is 2. The van der Waals surface area contributed by atoms with Gasteiger partial charge in [0.2, 0.25) is 0 Å². The molecule has 142 valence electrons. The Labute approximate surface area is 152 Å². The Kier molecular flexibility index (Phi) is 6.34. The van der Waals surface area contributed by atoms with Crippen molar-refractivity contribution in [3.05, 3.63) is 41.1 Å². The molecule has 1 heterocycles. The first-order valence-electron chi connectivity index (χ1n) is 8.88. The summed E-state index contributed by atoms with van der Waals surface area (Å²) < 4.78 is 37.8. The van der Waals surface area contributed by atoms with Crippen LogP contribution in [0.15, 0.2) is 18.2 Å². The van der Waals surface area contributed by atoms with Gasteiger partial charge in [-0.05, 0) is 37.8 Å². The van der Waals surface area contributed by atoms with Crippen LogP contribution in [0.5, 0.6) is 0 Å². The largest absolute Gasteiger partial charge is 0.381 e. The minimum absolute atomic E-state index is 0.317. The lowest BCUT2D eigenvalue weighted by Gasteiger charge is -2.28. The van der Waals surface area contributed by atoms with E-state index in [1.807, 2.05) is 0 Å². The molecular formula is C19H25F2N3O2. The van der Waals surface area contributed by atoms with Crippen LogP contribution in [0, 0.1) is 11.6 Å². The van der Waals surface area contributed by atoms with Crippen LogP contribution in [-0.4, -0.2) is 36.6 Å². The van der Waals surface area contributed by atoms with Gasteiger partial charge >= 0.3 is 0 Å². The summed E-state index contributed by atoms with van der Waals surface area (Å²) >= 11 is 0. The monoisotopic (exact) mass is 365 g/mol. The normalized spacial score (nSPS) is 20.5. The van der Waals surface area contributed by atoms with Crippen LogP contribution in [0.1, 0.15) is 36.9 Å². The van der Waals surface area contributed by atoms with Gasteiger partial charge in [0.1, 0.15) is 11.6 Å². The first kappa shape index (κ1) is 18.9. The first-order valence-corrected chi connectivity index (χ1v) is 8.88. The molecule has 0 bridgehead atoms. The summed E-state index contributed by atoms with van der Waals surface area (Å²) in [5.74, 6) is -1.24. The maximum absolute atomic E-state index is 13.6. The van der Waals surface area contributed by atoms with E-state index in [-0.39, 0.29) is 0 Å². The number of aromatic nitrogens is 2. The Morgan fingerprint density at radius 1 is 1.12 bits per heavy atom. The van der Waals surface area contributed by atoms with Crippen molar-refractivity contribution in [2.24, 2.45) is 0 Å². The minimum atomic E-state index is -0.618. The van der Waals surface area contributed by atoms with Gasteiger partial charge in [-0.2, -0.15) is 5.10 Å². The highest BCUT2D eigenvalue weighted by Crippen LogP contribution is 2.27. The molecule has 0 amide bonds. The zero-order chi connectivity index (χ0) is 18.5. The molecule has 2 aromatic rings. The summed E-state index contributed by atoms with van der Waals surface area (Å²) in [6, 6.07) is 3.86. The molecule has 0 radical (unpaired) electrons. The molecule has 0 unspecified atom stereocenters. The molecular weight excluding hydrogens is 340 g/mol. The number of H-pyrrole nitrogens is 1. The highest BCUT2D eigenvalue weighted by Gasteiger charge is 2.22. The fourth-order valence-corrected chi connectivity index (χ4v) is 3.53. The molecule has 0 atom stereocenters. The molecule has 1 fully saturated rings. The lowest BCUT2D eigenvalue weighted by Crippen LogP contribution is -2.35. The van der Waals surface area contributed by atoms with Gasteiger partial charge in [-0.15, -0.1) is 0 Å². The van der Waals surface area contributed by atoms with Crippen molar-refractivity contribution in [3.8, 4) is 11.3 Å². The molecule has 0 aliphatic heterocycles. The number of aromatic amines is 1. The van der Waals surface area contributed by atoms with E-state index in [1.54, 1.807) is 14.2 Å². The van der Waals surface area contributed by atoms with E-state index in [0.717, 1.165) is 43.0 Å². The average Bonchev–Trinajstić information content (AvgIpc) is 3.03. The maximum Gasteiger partial charge on any atom is 0.126 e. The molecule has 1 aromatic heterocycles. The van der Waals surface area contributed by atoms with E-state index in [4.69, 9.17) is 9.47 Å². The molecule has 26 heavy (non-hydrogen) atoms. The van der Waals surface area contributed by atoms with Crippen LogP contribution in [-0.2, 0) is 22.6 Å². The van der Waals surface area contributed by atoms with E-state index >= 15 is 0 Å². The number of rotatable bonds is 7. The number of ether oxygens (including phenoxy) is 2. The quantitative estimate of drug-likeness (QED) is 0.788. The molecule has 7 heteroatoms. The van der Waals surface area contributed by atoms with Gasteiger partial charge in [-0.1, -0.05) is 0 Å². The van der Waals surface area contributed by atoms with E-state index in [1.165, 1.54) is 12.1 Å². The third kappa shape index (κ3) is 4.47. The van der Waals surface area contributed by atoms with Gasteiger partial charge in [-0.25, -0.2) is 8.78 Å². The molecule has 1 aliphatic rings. The van der Waals surface area contributed by atoms with Crippen LogP contribution in [0.4, 0.5) is 8.78 Å². The average molecular weight is 365 g/mol. The Morgan fingerprint density at radius 2 is 1.81 bits per heavy atom. The predicted octanol–water partition coefficient (Wildman–Crippen LogP) is 3.55. The van der Waals surface area contributed by atoms with Crippen molar-refractivity contribution in [3.63, 3.8) is 0 Å². The topological polar surface area (TPSA) is 59.2 Å². The molecule has 0 spiro atoms. The number of nitrogens with one attached hydrogen (secondary N) is 2. The number of nitrogens with zero attached hydrogens (tertiary/aromatic N) is 1. The standard InChI is InChI=1S/C19H25F2N3O2/c1-25-11-17-18(10-22-15-3-5-16(26-2)6-4-15)23-24-19(17)12-7-13(20)9-14(21)8-12/h7-9,15-16,22H,3-6,10-11H2,1-2H3,(H,23,24)/t15-,16+. The van der Waals surface area contributed by atoms with E-state index in [9.17, 15) is 8.78 Å². The smallest absolute Gasteiger partial charge is 0.126 e. The highest BCUT2D eigenvalue weighted by atomic mass is 19.1. The van der Waals surface area contributed by atoms with Gasteiger partial charge in [0.15, 0.2) is 0 Å². The van der Waals surface area contributed by atoms with Crippen molar-refractivity contribution in [2.75, 3.05) is 14.2 Å². The lowest BCUT2D eigenvalue weighted by atomic mass is 9.93. The molecule has 1 aromatic carbocycles. The number of halogens is 2. The third-order valence-electron chi connectivity index (χ3n) is 4.96. The predicted molar refractivity (Wildman–Crippen MR) is 94.5 cm³/mol. The molecule has 2 N–H and O–H groups in total. The minimum Gasteiger partial charge on any atom is -0.381 e. The number of hydrogen-bond acceptors (Lipinski definition) is 4. The van der Waals surface area contributed by atoms with Crippen molar-refractivity contribution in [2.45, 2.75) is 51.0 Å². The lowest BCUT2D eigenvalue weighted by molar-refractivity contribution is 0.0623. The second-order valence-electron chi connectivity index (χ2n) is 6.71. The Morgan fingerprint density at radius 3 is 2.42 bits per heavy atom. The van der Waals surface area contributed by atoms with Crippen molar-refractivity contribution in [1.82, 2.24) is 15.5 Å². The molecule has 0 saturated heterocycles. The fraction of sp³-hybridized carbons (Fsp3) is 0.526. The Balaban J connectivity index is 1.73. The summed E-state index contributed by atoms with van der Waals surface area (Å²) in [7, 11) is 3.35. The van der Waals surface area contributed by atoms with Crippen LogP contribution < -0.4 is 5.32 Å². The fourth-order valence-electron chi connectivity index (χ4n) is 3.53. The van der Waals surface area contributed by atoms with E-state index in [0.29, 0.717) is 36.6 Å². The van der Waals surface area contributed by atoms with Crippen LogP contribution >= 0.6 is 0 Å². The van der Waals surface area contributed by atoms with Crippen LogP contribution in [0.2, 0.25) is 0 Å². The molecule has 1 saturated carbocycles.